The number of amides is 2. The highest BCUT2D eigenvalue weighted by Crippen LogP contribution is 2.19. The van der Waals surface area contributed by atoms with Crippen LogP contribution < -0.4 is 15.4 Å². The van der Waals surface area contributed by atoms with E-state index in [-0.39, 0.29) is 18.0 Å². The van der Waals surface area contributed by atoms with Gasteiger partial charge in [0, 0.05) is 24.7 Å². The van der Waals surface area contributed by atoms with Crippen molar-refractivity contribution in [1.29, 1.82) is 0 Å². The van der Waals surface area contributed by atoms with Gasteiger partial charge in [0.25, 0.3) is 5.91 Å². The fraction of sp³-hybridized carbons (Fsp3) is 0.158. The summed E-state index contributed by atoms with van der Waals surface area (Å²) in [5, 5.41) is 5.17. The van der Waals surface area contributed by atoms with E-state index in [9.17, 15) is 14.0 Å². The van der Waals surface area contributed by atoms with E-state index in [1.54, 1.807) is 12.1 Å². The van der Waals surface area contributed by atoms with Crippen molar-refractivity contribution in [1.82, 2.24) is 5.32 Å². The number of nitrogens with one attached hydrogen (secondary N) is 2. The standard InChI is InChI=1S/C19H19FN2O3/c1-3-10-25-18-7-5-4-6-14(18)12-21-19(24)16-11-15(22-13(2)23)8-9-17(16)20/h3-9,11H,1,10,12H2,2H3,(H,21,24)(H,22,23). The van der Waals surface area contributed by atoms with Gasteiger partial charge < -0.3 is 15.4 Å². The molecule has 0 saturated carbocycles. The summed E-state index contributed by atoms with van der Waals surface area (Å²) in [5.74, 6) is -0.924. The fourth-order valence-electron chi connectivity index (χ4n) is 2.19. The number of ether oxygens (including phenoxy) is 1. The Morgan fingerprint density at radius 1 is 1.24 bits per heavy atom. The Labute approximate surface area is 145 Å². The van der Waals surface area contributed by atoms with Crippen LogP contribution in [0.1, 0.15) is 22.8 Å². The molecular formula is C19H19FN2O3. The number of rotatable bonds is 7. The summed E-state index contributed by atoms with van der Waals surface area (Å²) in [5.41, 5.74) is 0.973. The highest BCUT2D eigenvalue weighted by molar-refractivity contribution is 5.97. The monoisotopic (exact) mass is 342 g/mol. The summed E-state index contributed by atoms with van der Waals surface area (Å²) in [7, 11) is 0. The van der Waals surface area contributed by atoms with Crippen molar-refractivity contribution in [2.24, 2.45) is 0 Å². The van der Waals surface area contributed by atoms with Crippen LogP contribution in [-0.2, 0) is 11.3 Å². The summed E-state index contributed by atoms with van der Waals surface area (Å²) in [6.07, 6.45) is 1.62. The second-order valence-corrected chi connectivity index (χ2v) is 5.27. The number of halogens is 1. The minimum atomic E-state index is -0.664. The highest BCUT2D eigenvalue weighted by atomic mass is 19.1. The van der Waals surface area contributed by atoms with Gasteiger partial charge in [0.15, 0.2) is 0 Å². The summed E-state index contributed by atoms with van der Waals surface area (Å²) in [4.78, 5) is 23.4. The van der Waals surface area contributed by atoms with E-state index >= 15 is 0 Å². The lowest BCUT2D eigenvalue weighted by Gasteiger charge is -2.12. The number of benzene rings is 2. The number of hydrogen-bond acceptors (Lipinski definition) is 3. The van der Waals surface area contributed by atoms with E-state index in [0.717, 1.165) is 11.6 Å². The van der Waals surface area contributed by atoms with Gasteiger partial charge >= 0.3 is 0 Å². The molecule has 0 aliphatic carbocycles. The van der Waals surface area contributed by atoms with E-state index in [0.29, 0.717) is 18.0 Å². The number of anilines is 1. The number of para-hydroxylation sites is 1. The number of carbonyl (C=O) groups excluding carboxylic acids is 2. The molecule has 0 aliphatic rings. The van der Waals surface area contributed by atoms with Crippen LogP contribution in [-0.4, -0.2) is 18.4 Å². The maximum Gasteiger partial charge on any atom is 0.254 e. The van der Waals surface area contributed by atoms with Crippen LogP contribution in [0.2, 0.25) is 0 Å². The van der Waals surface area contributed by atoms with Gasteiger partial charge in [-0.2, -0.15) is 0 Å². The third kappa shape index (κ3) is 5.17. The Morgan fingerprint density at radius 3 is 2.72 bits per heavy atom. The van der Waals surface area contributed by atoms with Gasteiger partial charge in [-0.3, -0.25) is 9.59 Å². The molecule has 0 bridgehead atoms. The first-order valence-electron chi connectivity index (χ1n) is 7.68. The molecule has 0 radical (unpaired) electrons. The van der Waals surface area contributed by atoms with Gasteiger partial charge in [0.1, 0.15) is 18.2 Å². The second-order valence-electron chi connectivity index (χ2n) is 5.27. The Kier molecular flexibility index (Phi) is 6.28. The SMILES string of the molecule is C=CCOc1ccccc1CNC(=O)c1cc(NC(C)=O)ccc1F. The molecule has 0 aliphatic heterocycles. The normalized spacial score (nSPS) is 10.0. The Balaban J connectivity index is 2.10. The molecular weight excluding hydrogens is 323 g/mol. The Bertz CT molecular complexity index is 790. The first kappa shape index (κ1) is 18.2. The lowest BCUT2D eigenvalue weighted by atomic mass is 10.1. The van der Waals surface area contributed by atoms with Crippen LogP contribution in [0.5, 0.6) is 5.75 Å². The average Bonchev–Trinajstić information content (AvgIpc) is 2.59. The molecule has 5 nitrogen and oxygen atoms in total. The molecule has 2 rings (SSSR count). The molecule has 130 valence electrons. The maximum atomic E-state index is 13.9. The van der Waals surface area contributed by atoms with Gasteiger partial charge in [-0.1, -0.05) is 30.9 Å². The van der Waals surface area contributed by atoms with Crippen LogP contribution in [0.15, 0.2) is 55.1 Å². The van der Waals surface area contributed by atoms with Gasteiger partial charge in [-0.05, 0) is 24.3 Å². The molecule has 0 spiro atoms. The highest BCUT2D eigenvalue weighted by Gasteiger charge is 2.13. The largest absolute Gasteiger partial charge is 0.489 e. The number of carbonyl (C=O) groups is 2. The molecule has 0 fully saturated rings. The molecule has 2 aromatic carbocycles. The van der Waals surface area contributed by atoms with Crippen LogP contribution in [0.4, 0.5) is 10.1 Å². The van der Waals surface area contributed by atoms with Gasteiger partial charge in [0.05, 0.1) is 5.56 Å². The Morgan fingerprint density at radius 2 is 2.00 bits per heavy atom. The first-order chi connectivity index (χ1) is 12.0. The van der Waals surface area contributed by atoms with Gasteiger partial charge in [-0.15, -0.1) is 0 Å². The zero-order chi connectivity index (χ0) is 18.2. The lowest BCUT2D eigenvalue weighted by molar-refractivity contribution is -0.114. The first-order valence-corrected chi connectivity index (χ1v) is 7.68. The summed E-state index contributed by atoms with van der Waals surface area (Å²) >= 11 is 0. The predicted molar refractivity (Wildman–Crippen MR) is 94.0 cm³/mol. The molecule has 6 heteroatoms. The molecule has 2 N–H and O–H groups in total. The van der Waals surface area contributed by atoms with Crippen LogP contribution in [0.3, 0.4) is 0 Å². The zero-order valence-corrected chi connectivity index (χ0v) is 13.8. The van der Waals surface area contributed by atoms with E-state index in [1.165, 1.54) is 19.1 Å². The summed E-state index contributed by atoms with van der Waals surface area (Å²) in [6.45, 7) is 5.45. The van der Waals surface area contributed by atoms with Crippen molar-refractivity contribution in [3.8, 4) is 5.75 Å². The summed E-state index contributed by atoms with van der Waals surface area (Å²) in [6, 6.07) is 11.1. The van der Waals surface area contributed by atoms with E-state index in [4.69, 9.17) is 4.74 Å². The fourth-order valence-corrected chi connectivity index (χ4v) is 2.19. The van der Waals surface area contributed by atoms with Crippen molar-refractivity contribution in [3.05, 3.63) is 72.1 Å². The average molecular weight is 342 g/mol. The molecule has 0 unspecified atom stereocenters. The molecule has 2 aromatic rings. The molecule has 0 heterocycles. The topological polar surface area (TPSA) is 67.4 Å². The predicted octanol–water partition coefficient (Wildman–Crippen LogP) is 3.28. The maximum absolute atomic E-state index is 13.9. The molecule has 0 atom stereocenters. The number of hydrogen-bond donors (Lipinski definition) is 2. The lowest BCUT2D eigenvalue weighted by Crippen LogP contribution is -2.24. The van der Waals surface area contributed by atoms with Crippen molar-refractivity contribution in [3.63, 3.8) is 0 Å². The van der Waals surface area contributed by atoms with E-state index < -0.39 is 11.7 Å². The Hall–Kier alpha value is -3.15. The smallest absolute Gasteiger partial charge is 0.254 e. The van der Waals surface area contributed by atoms with Gasteiger partial charge in [-0.25, -0.2) is 4.39 Å². The molecule has 0 saturated heterocycles. The van der Waals surface area contributed by atoms with Crippen molar-refractivity contribution in [2.75, 3.05) is 11.9 Å². The third-order valence-corrected chi connectivity index (χ3v) is 3.30. The van der Waals surface area contributed by atoms with Gasteiger partial charge in [0.2, 0.25) is 5.91 Å². The second kappa shape index (κ2) is 8.63. The van der Waals surface area contributed by atoms with Crippen LogP contribution in [0, 0.1) is 5.82 Å². The third-order valence-electron chi connectivity index (χ3n) is 3.30. The van der Waals surface area contributed by atoms with Crippen molar-refractivity contribution >= 4 is 17.5 Å². The minimum absolute atomic E-state index is 0.143. The van der Waals surface area contributed by atoms with Crippen LogP contribution in [0.25, 0.3) is 0 Å². The quantitative estimate of drug-likeness (QED) is 0.759. The summed E-state index contributed by atoms with van der Waals surface area (Å²) < 4.78 is 19.4. The molecule has 0 aromatic heterocycles. The molecule has 2 amide bonds. The van der Waals surface area contributed by atoms with Crippen LogP contribution >= 0.6 is 0 Å². The van der Waals surface area contributed by atoms with Crippen molar-refractivity contribution < 1.29 is 18.7 Å². The minimum Gasteiger partial charge on any atom is -0.489 e. The van der Waals surface area contributed by atoms with E-state index in [1.807, 2.05) is 18.2 Å². The molecule has 25 heavy (non-hydrogen) atoms. The van der Waals surface area contributed by atoms with Crippen molar-refractivity contribution in [2.45, 2.75) is 13.5 Å². The zero-order valence-electron chi connectivity index (χ0n) is 13.8. The van der Waals surface area contributed by atoms with E-state index in [2.05, 4.69) is 17.2 Å².